The molecular weight excluding hydrogens is 264 g/mol. The molecule has 1 rings (SSSR count). The van der Waals surface area contributed by atoms with Crippen molar-refractivity contribution < 1.29 is 24.0 Å². The standard InChI is InChI=1S/C13H16N2O5/c1-9(16)13(14,12(18)20-15)7-11(17)19-8-10-5-3-2-4-6-10/h2-6H,7-8,14-15H2,1H3. The van der Waals surface area contributed by atoms with Crippen LogP contribution in [0.4, 0.5) is 0 Å². The minimum absolute atomic E-state index is 0.0192. The molecule has 0 aliphatic heterocycles. The summed E-state index contributed by atoms with van der Waals surface area (Å²) >= 11 is 0. The van der Waals surface area contributed by atoms with Gasteiger partial charge in [-0.25, -0.2) is 4.79 Å². The summed E-state index contributed by atoms with van der Waals surface area (Å²) in [6.45, 7) is 1.09. The molecule has 7 nitrogen and oxygen atoms in total. The Hall–Kier alpha value is -2.25. The second kappa shape index (κ2) is 6.78. The molecule has 0 aliphatic rings. The number of rotatable bonds is 6. The Balaban J connectivity index is 2.64. The highest BCUT2D eigenvalue weighted by Crippen LogP contribution is 2.12. The molecule has 7 heteroatoms. The minimum atomic E-state index is -2.12. The third-order valence-electron chi connectivity index (χ3n) is 2.77. The van der Waals surface area contributed by atoms with Crippen molar-refractivity contribution in [1.29, 1.82) is 0 Å². The van der Waals surface area contributed by atoms with Crippen LogP contribution in [0, 0.1) is 0 Å². The predicted molar refractivity (Wildman–Crippen MR) is 68.7 cm³/mol. The Morgan fingerprint density at radius 2 is 1.80 bits per heavy atom. The fraction of sp³-hybridized carbons (Fsp3) is 0.308. The molecule has 0 saturated heterocycles. The van der Waals surface area contributed by atoms with Crippen LogP contribution in [0.15, 0.2) is 30.3 Å². The van der Waals surface area contributed by atoms with E-state index in [-0.39, 0.29) is 6.61 Å². The minimum Gasteiger partial charge on any atom is -0.461 e. The summed E-state index contributed by atoms with van der Waals surface area (Å²) in [4.78, 5) is 38.4. The lowest BCUT2D eigenvalue weighted by Gasteiger charge is -2.21. The van der Waals surface area contributed by atoms with Gasteiger partial charge in [-0.05, 0) is 12.5 Å². The van der Waals surface area contributed by atoms with E-state index >= 15 is 0 Å². The van der Waals surface area contributed by atoms with Crippen molar-refractivity contribution in [3.05, 3.63) is 35.9 Å². The molecule has 20 heavy (non-hydrogen) atoms. The highest BCUT2D eigenvalue weighted by Gasteiger charge is 2.43. The first-order valence-corrected chi connectivity index (χ1v) is 5.81. The molecule has 1 atom stereocenters. The fourth-order valence-electron chi connectivity index (χ4n) is 1.46. The van der Waals surface area contributed by atoms with E-state index in [9.17, 15) is 14.4 Å². The van der Waals surface area contributed by atoms with E-state index in [1.54, 1.807) is 24.3 Å². The number of carbonyl (C=O) groups excluding carboxylic acids is 3. The second-order valence-electron chi connectivity index (χ2n) is 4.26. The van der Waals surface area contributed by atoms with Gasteiger partial charge in [0.15, 0.2) is 11.3 Å². The van der Waals surface area contributed by atoms with E-state index in [4.69, 9.17) is 16.4 Å². The molecular formula is C13H16N2O5. The van der Waals surface area contributed by atoms with Crippen LogP contribution in [-0.4, -0.2) is 23.3 Å². The van der Waals surface area contributed by atoms with Gasteiger partial charge in [0.05, 0.1) is 6.42 Å². The predicted octanol–water partition coefficient (Wildman–Crippen LogP) is -0.177. The van der Waals surface area contributed by atoms with Crippen molar-refractivity contribution in [2.45, 2.75) is 25.5 Å². The Kier molecular flexibility index (Phi) is 5.36. The zero-order valence-corrected chi connectivity index (χ0v) is 11.0. The van der Waals surface area contributed by atoms with Crippen LogP contribution in [0.1, 0.15) is 18.9 Å². The van der Waals surface area contributed by atoms with Crippen LogP contribution in [-0.2, 0) is 30.6 Å². The van der Waals surface area contributed by atoms with Crippen LogP contribution in [0.2, 0.25) is 0 Å². The van der Waals surface area contributed by atoms with Gasteiger partial charge in [-0.1, -0.05) is 30.3 Å². The molecule has 1 aromatic carbocycles. The number of hydrogen-bond donors (Lipinski definition) is 2. The van der Waals surface area contributed by atoms with Gasteiger partial charge in [0.25, 0.3) is 0 Å². The largest absolute Gasteiger partial charge is 0.461 e. The van der Waals surface area contributed by atoms with Crippen molar-refractivity contribution in [3.8, 4) is 0 Å². The molecule has 108 valence electrons. The lowest BCUT2D eigenvalue weighted by molar-refractivity contribution is -0.160. The van der Waals surface area contributed by atoms with Gasteiger partial charge in [0.2, 0.25) is 0 Å². The summed E-state index contributed by atoms with van der Waals surface area (Å²) in [5.41, 5.74) is 4.21. The van der Waals surface area contributed by atoms with Crippen LogP contribution in [0.3, 0.4) is 0 Å². The lowest BCUT2D eigenvalue weighted by atomic mass is 9.92. The molecule has 1 unspecified atom stereocenters. The second-order valence-corrected chi connectivity index (χ2v) is 4.26. The molecule has 0 bridgehead atoms. The summed E-state index contributed by atoms with van der Waals surface area (Å²) in [5, 5.41) is 0. The van der Waals surface area contributed by atoms with Crippen molar-refractivity contribution in [3.63, 3.8) is 0 Å². The molecule has 0 aliphatic carbocycles. The smallest absolute Gasteiger partial charge is 0.352 e. The SMILES string of the molecule is CC(=O)C(N)(CC(=O)OCc1ccccc1)C(=O)ON. The molecule has 1 aromatic rings. The molecule has 0 spiro atoms. The molecule has 0 amide bonds. The van der Waals surface area contributed by atoms with E-state index < -0.39 is 29.7 Å². The Morgan fingerprint density at radius 3 is 2.30 bits per heavy atom. The number of ether oxygens (including phenoxy) is 1. The Labute approximate surface area is 115 Å². The summed E-state index contributed by atoms with van der Waals surface area (Å²) < 4.78 is 4.95. The third kappa shape index (κ3) is 3.87. The normalized spacial score (nSPS) is 13.2. The van der Waals surface area contributed by atoms with Gasteiger partial charge in [-0.15, -0.1) is 0 Å². The zero-order chi connectivity index (χ0) is 15.2. The first-order valence-electron chi connectivity index (χ1n) is 5.81. The molecule has 4 N–H and O–H groups in total. The van der Waals surface area contributed by atoms with Gasteiger partial charge >= 0.3 is 11.9 Å². The topological polar surface area (TPSA) is 122 Å². The van der Waals surface area contributed by atoms with Crippen molar-refractivity contribution >= 4 is 17.7 Å². The average molecular weight is 280 g/mol. The van der Waals surface area contributed by atoms with Gasteiger partial charge in [-0.2, -0.15) is 5.90 Å². The van der Waals surface area contributed by atoms with Crippen molar-refractivity contribution in [1.82, 2.24) is 0 Å². The zero-order valence-electron chi connectivity index (χ0n) is 11.0. The lowest BCUT2D eigenvalue weighted by Crippen LogP contribution is -2.56. The number of nitrogens with two attached hydrogens (primary N) is 2. The third-order valence-corrected chi connectivity index (χ3v) is 2.77. The fourth-order valence-corrected chi connectivity index (χ4v) is 1.46. The highest BCUT2D eigenvalue weighted by atomic mass is 16.7. The number of carbonyl (C=O) groups is 3. The van der Waals surface area contributed by atoms with Crippen molar-refractivity contribution in [2.75, 3.05) is 0 Å². The van der Waals surface area contributed by atoms with Gasteiger partial charge in [-0.3, -0.25) is 9.59 Å². The van der Waals surface area contributed by atoms with Crippen LogP contribution >= 0.6 is 0 Å². The Morgan fingerprint density at radius 1 is 1.20 bits per heavy atom. The first kappa shape index (κ1) is 15.8. The number of hydrogen-bond acceptors (Lipinski definition) is 7. The highest BCUT2D eigenvalue weighted by molar-refractivity contribution is 6.09. The molecule has 0 fully saturated rings. The molecule has 0 heterocycles. The van der Waals surface area contributed by atoms with Crippen LogP contribution in [0.25, 0.3) is 0 Å². The van der Waals surface area contributed by atoms with Gasteiger partial charge < -0.3 is 15.3 Å². The van der Waals surface area contributed by atoms with E-state index in [2.05, 4.69) is 4.84 Å². The summed E-state index contributed by atoms with van der Waals surface area (Å²) in [5.74, 6) is 2.00. The van der Waals surface area contributed by atoms with E-state index in [0.717, 1.165) is 12.5 Å². The first-order chi connectivity index (χ1) is 9.40. The van der Waals surface area contributed by atoms with Gasteiger partial charge in [0, 0.05) is 0 Å². The average Bonchev–Trinajstić information content (AvgIpc) is 2.45. The summed E-state index contributed by atoms with van der Waals surface area (Å²) in [7, 11) is 0. The maximum Gasteiger partial charge on any atom is 0.352 e. The number of ketones is 1. The van der Waals surface area contributed by atoms with Crippen molar-refractivity contribution in [2.24, 2.45) is 11.6 Å². The summed E-state index contributed by atoms with van der Waals surface area (Å²) in [6, 6.07) is 8.93. The molecule has 0 aromatic heterocycles. The molecule has 0 radical (unpaired) electrons. The monoisotopic (exact) mass is 280 g/mol. The number of esters is 1. The number of Topliss-reactive ketones (excluding diaryl/α,β-unsaturated/α-hetero) is 1. The van der Waals surface area contributed by atoms with Crippen LogP contribution in [0.5, 0.6) is 0 Å². The van der Waals surface area contributed by atoms with E-state index in [0.29, 0.717) is 0 Å². The maximum atomic E-state index is 11.7. The quantitative estimate of drug-likeness (QED) is 0.421. The van der Waals surface area contributed by atoms with E-state index in [1.807, 2.05) is 6.07 Å². The number of benzene rings is 1. The van der Waals surface area contributed by atoms with E-state index in [1.165, 1.54) is 0 Å². The molecule has 0 saturated carbocycles. The van der Waals surface area contributed by atoms with Gasteiger partial charge in [0.1, 0.15) is 6.61 Å². The Bertz CT molecular complexity index is 503. The summed E-state index contributed by atoms with van der Waals surface area (Å²) in [6.07, 6.45) is -0.634. The maximum absolute atomic E-state index is 11.7. The van der Waals surface area contributed by atoms with Crippen LogP contribution < -0.4 is 11.6 Å².